The first kappa shape index (κ1) is 25.2. The molecule has 3 aliphatic rings. The van der Waals surface area contributed by atoms with Gasteiger partial charge in [0.15, 0.2) is 0 Å². The highest BCUT2D eigenvalue weighted by atomic mass is 16.5. The van der Waals surface area contributed by atoms with Crippen LogP contribution in [0.4, 0.5) is 0 Å². The zero-order valence-electron chi connectivity index (χ0n) is 21.4. The number of carbonyl (C=O) groups excluding carboxylic acids is 1. The van der Waals surface area contributed by atoms with Crippen LogP contribution in [0.3, 0.4) is 0 Å². The lowest BCUT2D eigenvalue weighted by molar-refractivity contribution is -0.148. The minimum atomic E-state index is -1.05. The zero-order valence-corrected chi connectivity index (χ0v) is 21.4. The number of hydrogen-bond acceptors (Lipinski definition) is 5. The molecule has 1 aromatic carbocycles. The Bertz CT molecular complexity index is 890. The first-order chi connectivity index (χ1) is 16.2. The number of aliphatic hydroxyl groups is 1. The molecule has 1 aromatic rings. The Morgan fingerprint density at radius 2 is 1.94 bits per heavy atom. The van der Waals surface area contributed by atoms with Crippen molar-refractivity contribution in [3.63, 3.8) is 0 Å². The molecule has 1 heterocycles. The Labute approximate surface area is 205 Å². The van der Waals surface area contributed by atoms with Gasteiger partial charge in [0, 0.05) is 19.4 Å². The van der Waals surface area contributed by atoms with E-state index in [0.717, 1.165) is 56.6 Å². The van der Waals surface area contributed by atoms with Gasteiger partial charge < -0.3 is 19.5 Å². The first-order valence-electron chi connectivity index (χ1n) is 12.9. The van der Waals surface area contributed by atoms with Crippen molar-refractivity contribution in [2.75, 3.05) is 26.7 Å². The monoisotopic (exact) mass is 467 g/mol. The molecule has 1 N–H and O–H groups in total. The molecular weight excluding hydrogens is 426 g/mol. The molecule has 0 unspecified atom stereocenters. The fourth-order valence-corrected chi connectivity index (χ4v) is 6.58. The number of hydrogen-bond donors (Lipinski definition) is 1. The summed E-state index contributed by atoms with van der Waals surface area (Å²) in [5, 5.41) is 11.7. The topological polar surface area (TPSA) is 59.0 Å². The molecule has 2 radical (unpaired) electrons. The number of nitrogens with zero attached hydrogens (tertiary/aromatic N) is 1. The third-order valence-electron chi connectivity index (χ3n) is 8.60. The Balaban J connectivity index is 1.41. The second-order valence-electron chi connectivity index (χ2n) is 10.8. The summed E-state index contributed by atoms with van der Waals surface area (Å²) < 4.78 is 11.0. The van der Waals surface area contributed by atoms with Crippen LogP contribution in [-0.2, 0) is 9.53 Å². The normalized spacial score (nSPS) is 33.5. The molecule has 0 spiro atoms. The summed E-state index contributed by atoms with van der Waals surface area (Å²) in [5.74, 6) is 2.18. The predicted octanol–water partition coefficient (Wildman–Crippen LogP) is 4.88. The van der Waals surface area contributed by atoms with E-state index in [9.17, 15) is 9.90 Å². The maximum absolute atomic E-state index is 11.7. The number of fused-ring (bicyclic) bond motifs is 1. The zero-order chi connectivity index (χ0) is 24.5. The van der Waals surface area contributed by atoms with Gasteiger partial charge in [-0.05, 0) is 86.6 Å². The largest absolute Gasteiger partial charge is 0.496 e. The Kier molecular flexibility index (Phi) is 7.73. The van der Waals surface area contributed by atoms with Gasteiger partial charge in [0.2, 0.25) is 0 Å². The van der Waals surface area contributed by atoms with Crippen LogP contribution in [0.25, 0.3) is 0 Å². The molecule has 5 heteroatoms. The lowest BCUT2D eigenvalue weighted by Crippen LogP contribution is -2.56. The predicted molar refractivity (Wildman–Crippen MR) is 133 cm³/mol. The Hall–Kier alpha value is -1.85. The maximum Gasteiger partial charge on any atom is 0.303 e. The van der Waals surface area contributed by atoms with Gasteiger partial charge in [0.1, 0.15) is 11.9 Å². The number of likely N-dealkylation sites (tertiary alicyclic amines) is 1. The van der Waals surface area contributed by atoms with Crippen molar-refractivity contribution >= 4 is 5.97 Å². The van der Waals surface area contributed by atoms with E-state index in [1.807, 2.05) is 13.0 Å². The molecule has 1 saturated carbocycles. The summed E-state index contributed by atoms with van der Waals surface area (Å²) in [6.45, 7) is 11.1. The molecule has 0 aromatic heterocycles. The van der Waals surface area contributed by atoms with E-state index in [0.29, 0.717) is 17.8 Å². The molecule has 2 fully saturated rings. The van der Waals surface area contributed by atoms with Crippen molar-refractivity contribution in [3.8, 4) is 5.75 Å². The van der Waals surface area contributed by atoms with Crippen LogP contribution in [-0.4, -0.2) is 54.4 Å². The second kappa shape index (κ2) is 10.4. The summed E-state index contributed by atoms with van der Waals surface area (Å²) in [5.41, 5.74) is 1.27. The number of carbonyl (C=O) groups is 1. The fourth-order valence-electron chi connectivity index (χ4n) is 6.58. The van der Waals surface area contributed by atoms with Crippen molar-refractivity contribution in [2.24, 2.45) is 23.7 Å². The van der Waals surface area contributed by atoms with Crippen molar-refractivity contribution in [3.05, 3.63) is 47.9 Å². The van der Waals surface area contributed by atoms with Gasteiger partial charge in [-0.15, -0.1) is 0 Å². The van der Waals surface area contributed by atoms with Crippen LogP contribution < -0.4 is 4.74 Å². The number of esters is 1. The Morgan fingerprint density at radius 3 is 2.62 bits per heavy atom. The third-order valence-corrected chi connectivity index (χ3v) is 8.60. The van der Waals surface area contributed by atoms with E-state index in [1.165, 1.54) is 12.5 Å². The van der Waals surface area contributed by atoms with Crippen LogP contribution in [0, 0.1) is 30.1 Å². The smallest absolute Gasteiger partial charge is 0.303 e. The maximum atomic E-state index is 11.7. The second-order valence-corrected chi connectivity index (χ2v) is 10.8. The van der Waals surface area contributed by atoms with E-state index in [4.69, 9.17) is 9.47 Å². The highest BCUT2D eigenvalue weighted by Gasteiger charge is 2.53. The number of benzene rings is 1. The summed E-state index contributed by atoms with van der Waals surface area (Å²) in [6.07, 6.45) is 9.29. The summed E-state index contributed by atoms with van der Waals surface area (Å²) >= 11 is 0. The van der Waals surface area contributed by atoms with E-state index in [2.05, 4.69) is 49.4 Å². The molecule has 34 heavy (non-hydrogen) atoms. The van der Waals surface area contributed by atoms with Crippen molar-refractivity contribution < 1.29 is 19.4 Å². The van der Waals surface area contributed by atoms with E-state index in [-0.39, 0.29) is 17.8 Å². The van der Waals surface area contributed by atoms with Gasteiger partial charge in [-0.25, -0.2) is 0 Å². The summed E-state index contributed by atoms with van der Waals surface area (Å²) in [7, 11) is 1.76. The average molecular weight is 468 g/mol. The number of rotatable bonds is 6. The molecule has 1 saturated heterocycles. The van der Waals surface area contributed by atoms with E-state index >= 15 is 0 Å². The third kappa shape index (κ3) is 5.06. The van der Waals surface area contributed by atoms with Crippen LogP contribution >= 0.6 is 0 Å². The van der Waals surface area contributed by atoms with E-state index < -0.39 is 11.7 Å². The molecule has 0 bridgehead atoms. The van der Waals surface area contributed by atoms with Crippen LogP contribution in [0.2, 0.25) is 0 Å². The molecule has 2 aliphatic carbocycles. The van der Waals surface area contributed by atoms with Gasteiger partial charge in [-0.3, -0.25) is 4.79 Å². The average Bonchev–Trinajstić information content (AvgIpc) is 2.81. The Morgan fingerprint density at radius 1 is 1.24 bits per heavy atom. The van der Waals surface area contributed by atoms with E-state index in [1.54, 1.807) is 7.11 Å². The summed E-state index contributed by atoms with van der Waals surface area (Å²) in [4.78, 5) is 14.2. The first-order valence-corrected chi connectivity index (χ1v) is 12.9. The summed E-state index contributed by atoms with van der Waals surface area (Å²) in [6, 6.07) is 8.42. The van der Waals surface area contributed by atoms with Crippen LogP contribution in [0.1, 0.15) is 64.9 Å². The van der Waals surface area contributed by atoms with Gasteiger partial charge in [0.05, 0.1) is 19.1 Å². The lowest BCUT2D eigenvalue weighted by Gasteiger charge is -2.53. The number of piperidine rings is 1. The molecular formula is C29H41NO4. The van der Waals surface area contributed by atoms with Gasteiger partial charge in [0.25, 0.3) is 0 Å². The fraction of sp³-hybridized carbons (Fsp3) is 0.655. The molecule has 0 amide bonds. The number of methoxy groups -OCH3 is 1. The molecule has 1 aliphatic heterocycles. The number of para-hydroxylation sites is 1. The van der Waals surface area contributed by atoms with Crippen molar-refractivity contribution in [2.45, 2.75) is 71.0 Å². The van der Waals surface area contributed by atoms with Crippen LogP contribution in [0.15, 0.2) is 35.9 Å². The van der Waals surface area contributed by atoms with Gasteiger partial charge in [-0.2, -0.15) is 0 Å². The minimum Gasteiger partial charge on any atom is -0.496 e. The SMILES string of the molecule is COc1ccccc1C1CCN(C[C@@H](C)[C@@H]2CC[C@@H](C)[C@]3(O)[C][C@@H](OC(C)=O)C(C)=C[C@H]23)CC1. The number of ether oxygens (including phenoxy) is 2. The highest BCUT2D eigenvalue weighted by Crippen LogP contribution is 2.51. The molecule has 186 valence electrons. The molecule has 5 nitrogen and oxygen atoms in total. The van der Waals surface area contributed by atoms with Crippen molar-refractivity contribution in [1.82, 2.24) is 4.90 Å². The van der Waals surface area contributed by atoms with Crippen LogP contribution in [0.5, 0.6) is 5.75 Å². The quantitative estimate of drug-likeness (QED) is 0.477. The lowest BCUT2D eigenvalue weighted by atomic mass is 9.57. The molecule has 6 atom stereocenters. The van der Waals surface area contributed by atoms with Gasteiger partial charge in [-0.1, -0.05) is 38.1 Å². The van der Waals surface area contributed by atoms with Gasteiger partial charge >= 0.3 is 5.97 Å². The standard InChI is InChI=1S/C29H41NO4/c1-19-16-26-24(11-10-21(3)29(26,32)17-28(19)34-22(4)31)20(2)18-30-14-12-23(13-15-30)25-8-6-7-9-27(25)33-5/h6-9,16,20-21,23-24,26,28,32H,10-15,18H2,1-5H3/t20-,21-,24+,26-,28-,29-/m1/s1. The van der Waals surface area contributed by atoms with Crippen molar-refractivity contribution in [1.29, 1.82) is 0 Å². The molecule has 4 rings (SSSR count). The minimum absolute atomic E-state index is 0.0178. The highest BCUT2D eigenvalue weighted by molar-refractivity contribution is 5.66.